The fourth-order valence-electron chi connectivity index (χ4n) is 2.21. The van der Waals surface area contributed by atoms with E-state index in [0.29, 0.717) is 17.0 Å². The molecule has 1 atom stereocenters. The maximum atomic E-state index is 12.1. The minimum absolute atomic E-state index is 0.0854. The highest BCUT2D eigenvalue weighted by atomic mass is 16.3. The largest absolute Gasteiger partial charge is 0.508 e. The van der Waals surface area contributed by atoms with Crippen LogP contribution in [-0.2, 0) is 0 Å². The summed E-state index contributed by atoms with van der Waals surface area (Å²) in [5, 5.41) is 12.6. The molecule has 0 radical (unpaired) electrons. The summed E-state index contributed by atoms with van der Waals surface area (Å²) in [7, 11) is 0. The zero-order chi connectivity index (χ0) is 12.4. The number of rotatable bonds is 3. The smallest absolute Gasteiger partial charge is 0.251 e. The number of aromatic hydroxyl groups is 1. The quantitative estimate of drug-likeness (QED) is 0.843. The lowest BCUT2D eigenvalue weighted by atomic mass is 9.80. The van der Waals surface area contributed by atoms with Crippen LogP contribution in [0.1, 0.15) is 42.1 Å². The van der Waals surface area contributed by atoms with E-state index in [0.717, 1.165) is 0 Å². The topological polar surface area (TPSA) is 49.3 Å². The van der Waals surface area contributed by atoms with E-state index in [4.69, 9.17) is 0 Å². The molecule has 0 bridgehead atoms. The molecule has 1 fully saturated rings. The number of carbonyl (C=O) groups is 1. The monoisotopic (exact) mass is 233 g/mol. The summed E-state index contributed by atoms with van der Waals surface area (Å²) in [5.74, 6) is 0.711. The summed E-state index contributed by atoms with van der Waals surface area (Å²) in [6, 6.07) is 5.27. The zero-order valence-electron chi connectivity index (χ0n) is 10.4. The molecule has 0 heterocycles. The lowest BCUT2D eigenvalue weighted by Crippen LogP contribution is -2.40. The number of hydrogen-bond donors (Lipinski definition) is 2. The van der Waals surface area contributed by atoms with Gasteiger partial charge in [0, 0.05) is 17.2 Å². The Kier molecular flexibility index (Phi) is 3.36. The maximum Gasteiger partial charge on any atom is 0.251 e. The van der Waals surface area contributed by atoms with E-state index in [1.807, 2.05) is 0 Å². The molecule has 1 aliphatic carbocycles. The van der Waals surface area contributed by atoms with E-state index >= 15 is 0 Å². The molecule has 2 N–H and O–H groups in total. The van der Waals surface area contributed by atoms with Crippen LogP contribution in [0.25, 0.3) is 0 Å². The molecule has 0 spiro atoms. The molecule has 1 aromatic carbocycles. The Morgan fingerprint density at radius 3 is 2.76 bits per heavy atom. The van der Waals surface area contributed by atoms with Crippen molar-refractivity contribution < 1.29 is 9.90 Å². The molecule has 1 saturated carbocycles. The first kappa shape index (κ1) is 12.0. The highest BCUT2D eigenvalue weighted by Gasteiger charge is 2.25. The highest BCUT2D eigenvalue weighted by molar-refractivity contribution is 5.96. The van der Waals surface area contributed by atoms with Crippen LogP contribution in [0, 0.1) is 12.8 Å². The molecule has 2 rings (SSSR count). The van der Waals surface area contributed by atoms with E-state index in [9.17, 15) is 9.90 Å². The van der Waals surface area contributed by atoms with Gasteiger partial charge >= 0.3 is 0 Å². The molecule has 1 amide bonds. The summed E-state index contributed by atoms with van der Waals surface area (Å²) < 4.78 is 0. The van der Waals surface area contributed by atoms with Crippen molar-refractivity contribution in [3.63, 3.8) is 0 Å². The molecule has 1 aliphatic rings. The van der Waals surface area contributed by atoms with Gasteiger partial charge in [-0.05, 0) is 44.7 Å². The van der Waals surface area contributed by atoms with Crippen molar-refractivity contribution in [3.05, 3.63) is 29.3 Å². The van der Waals surface area contributed by atoms with E-state index in [1.165, 1.54) is 19.3 Å². The number of phenols is 1. The van der Waals surface area contributed by atoms with Crippen molar-refractivity contribution in [3.8, 4) is 5.75 Å². The molecular weight excluding hydrogens is 214 g/mol. The molecule has 1 aromatic rings. The molecule has 17 heavy (non-hydrogen) atoms. The summed E-state index contributed by atoms with van der Waals surface area (Å²) in [6.07, 6.45) is 3.69. The first-order valence-corrected chi connectivity index (χ1v) is 6.19. The molecular formula is C14H19NO2. The lowest BCUT2D eigenvalue weighted by Gasteiger charge is -2.32. The standard InChI is InChI=1S/C14H19NO2/c1-9-12(7-4-8-13(9)16)14(17)15-10(2)11-5-3-6-11/h4,7-8,10-11,16H,3,5-6H2,1-2H3,(H,15,17). The van der Waals surface area contributed by atoms with Gasteiger partial charge in [0.2, 0.25) is 0 Å². The first-order chi connectivity index (χ1) is 8.09. The van der Waals surface area contributed by atoms with Gasteiger partial charge in [-0.3, -0.25) is 4.79 Å². The van der Waals surface area contributed by atoms with Gasteiger partial charge in [0.1, 0.15) is 5.75 Å². The molecule has 1 unspecified atom stereocenters. The Bertz CT molecular complexity index is 424. The van der Waals surface area contributed by atoms with Crippen LogP contribution < -0.4 is 5.32 Å². The van der Waals surface area contributed by atoms with Crippen LogP contribution in [0.15, 0.2) is 18.2 Å². The summed E-state index contributed by atoms with van der Waals surface area (Å²) in [6.45, 7) is 3.82. The van der Waals surface area contributed by atoms with Gasteiger partial charge < -0.3 is 10.4 Å². The molecule has 0 aliphatic heterocycles. The van der Waals surface area contributed by atoms with E-state index in [1.54, 1.807) is 25.1 Å². The van der Waals surface area contributed by atoms with E-state index < -0.39 is 0 Å². The van der Waals surface area contributed by atoms with Crippen LogP contribution in [-0.4, -0.2) is 17.1 Å². The van der Waals surface area contributed by atoms with Gasteiger partial charge in [0.05, 0.1) is 0 Å². The van der Waals surface area contributed by atoms with Crippen LogP contribution in [0.3, 0.4) is 0 Å². The molecule has 3 heteroatoms. The zero-order valence-corrected chi connectivity index (χ0v) is 10.4. The second kappa shape index (κ2) is 4.78. The van der Waals surface area contributed by atoms with Crippen molar-refractivity contribution in [2.24, 2.45) is 5.92 Å². The Labute approximate surface area is 102 Å². The number of carbonyl (C=O) groups excluding carboxylic acids is 1. The first-order valence-electron chi connectivity index (χ1n) is 6.19. The van der Waals surface area contributed by atoms with Crippen LogP contribution in [0.2, 0.25) is 0 Å². The molecule has 92 valence electrons. The van der Waals surface area contributed by atoms with Gasteiger partial charge in [-0.2, -0.15) is 0 Å². The SMILES string of the molecule is Cc1c(O)cccc1C(=O)NC(C)C1CCC1. The van der Waals surface area contributed by atoms with E-state index in [2.05, 4.69) is 12.2 Å². The normalized spacial score (nSPS) is 17.3. The van der Waals surface area contributed by atoms with Crippen molar-refractivity contribution in [2.75, 3.05) is 0 Å². The lowest BCUT2D eigenvalue weighted by molar-refractivity contribution is 0.0908. The Morgan fingerprint density at radius 1 is 1.47 bits per heavy atom. The average molecular weight is 233 g/mol. The molecule has 3 nitrogen and oxygen atoms in total. The third kappa shape index (κ3) is 2.43. The van der Waals surface area contributed by atoms with Crippen molar-refractivity contribution in [1.82, 2.24) is 5.32 Å². The van der Waals surface area contributed by atoms with Crippen LogP contribution in [0.4, 0.5) is 0 Å². The van der Waals surface area contributed by atoms with Gasteiger partial charge in [0.15, 0.2) is 0 Å². The predicted octanol–water partition coefficient (Wildman–Crippen LogP) is 2.62. The van der Waals surface area contributed by atoms with Crippen LogP contribution >= 0.6 is 0 Å². The summed E-state index contributed by atoms with van der Waals surface area (Å²) in [4.78, 5) is 12.1. The number of nitrogens with one attached hydrogen (secondary N) is 1. The fourth-order valence-corrected chi connectivity index (χ4v) is 2.21. The second-order valence-corrected chi connectivity index (χ2v) is 4.90. The van der Waals surface area contributed by atoms with Gasteiger partial charge in [-0.25, -0.2) is 0 Å². The maximum absolute atomic E-state index is 12.1. The second-order valence-electron chi connectivity index (χ2n) is 4.90. The number of benzene rings is 1. The number of amides is 1. The van der Waals surface area contributed by atoms with Crippen molar-refractivity contribution in [1.29, 1.82) is 0 Å². The summed E-state index contributed by atoms with van der Waals surface area (Å²) in [5.41, 5.74) is 1.21. The Morgan fingerprint density at radius 2 is 2.18 bits per heavy atom. The third-order valence-corrected chi connectivity index (χ3v) is 3.77. The average Bonchev–Trinajstić information content (AvgIpc) is 2.19. The van der Waals surface area contributed by atoms with Gasteiger partial charge in [-0.15, -0.1) is 0 Å². The van der Waals surface area contributed by atoms with Gasteiger partial charge in [0.25, 0.3) is 5.91 Å². The van der Waals surface area contributed by atoms with Crippen LogP contribution in [0.5, 0.6) is 5.75 Å². The molecule has 0 saturated heterocycles. The fraction of sp³-hybridized carbons (Fsp3) is 0.500. The minimum Gasteiger partial charge on any atom is -0.508 e. The Balaban J connectivity index is 2.06. The highest BCUT2D eigenvalue weighted by Crippen LogP contribution is 2.29. The van der Waals surface area contributed by atoms with E-state index in [-0.39, 0.29) is 17.7 Å². The minimum atomic E-state index is -0.0854. The predicted molar refractivity (Wildman–Crippen MR) is 67.1 cm³/mol. The van der Waals surface area contributed by atoms with Crippen molar-refractivity contribution >= 4 is 5.91 Å². The summed E-state index contributed by atoms with van der Waals surface area (Å²) >= 11 is 0. The molecule has 0 aromatic heterocycles. The number of hydrogen-bond acceptors (Lipinski definition) is 2. The van der Waals surface area contributed by atoms with Crippen molar-refractivity contribution in [2.45, 2.75) is 39.2 Å². The Hall–Kier alpha value is -1.51. The van der Waals surface area contributed by atoms with Gasteiger partial charge in [-0.1, -0.05) is 12.5 Å². The number of phenolic OH excluding ortho intramolecular Hbond substituents is 1. The third-order valence-electron chi connectivity index (χ3n) is 3.77.